The zero-order chi connectivity index (χ0) is 10.0. The molecule has 1 heterocycles. The van der Waals surface area contributed by atoms with Crippen LogP contribution in [-0.2, 0) is 0 Å². The number of nitrogens with zero attached hydrogens (tertiary/aromatic N) is 1. The van der Waals surface area contributed by atoms with Crippen LogP contribution in [0.5, 0.6) is 0 Å². The lowest BCUT2D eigenvalue weighted by Crippen LogP contribution is -2.14. The molecule has 0 bridgehead atoms. The normalized spacial score (nSPS) is 12.5. The maximum Gasteiger partial charge on any atom is 0.334 e. The number of rotatable bonds is 2. The molecule has 0 aliphatic carbocycles. The number of nitro groups is 1. The molecule has 1 aromatic heterocycles. The Balaban J connectivity index is 3.27. The second-order valence-corrected chi connectivity index (χ2v) is 2.69. The lowest BCUT2D eigenvalue weighted by atomic mass is 10.1. The summed E-state index contributed by atoms with van der Waals surface area (Å²) in [5.74, 6) is 0. The third-order valence-corrected chi connectivity index (χ3v) is 1.63. The number of H-pyrrole nitrogens is 1. The Hall–Kier alpha value is -1.69. The third kappa shape index (κ3) is 1.91. The van der Waals surface area contributed by atoms with E-state index in [1.54, 1.807) is 6.92 Å². The van der Waals surface area contributed by atoms with Crippen LogP contribution in [0.15, 0.2) is 17.1 Å². The highest BCUT2D eigenvalue weighted by Gasteiger charge is 2.13. The zero-order valence-electron chi connectivity index (χ0n) is 6.98. The predicted octanol–water partition coefficient (Wildman–Crippen LogP) is 0.303. The first-order valence-corrected chi connectivity index (χ1v) is 3.65. The van der Waals surface area contributed by atoms with Gasteiger partial charge in [-0.05, 0) is 12.5 Å². The van der Waals surface area contributed by atoms with Crippen LogP contribution in [-0.4, -0.2) is 9.91 Å². The van der Waals surface area contributed by atoms with Crippen molar-refractivity contribution in [2.24, 2.45) is 5.73 Å². The molecule has 0 radical (unpaired) electrons. The largest absolute Gasteiger partial charge is 0.334 e. The van der Waals surface area contributed by atoms with Crippen molar-refractivity contribution in [3.05, 3.63) is 38.3 Å². The van der Waals surface area contributed by atoms with Crippen molar-refractivity contribution in [3.8, 4) is 0 Å². The summed E-state index contributed by atoms with van der Waals surface area (Å²) in [6.07, 6.45) is 1.38. The monoisotopic (exact) mass is 183 g/mol. The van der Waals surface area contributed by atoms with Crippen molar-refractivity contribution in [1.29, 1.82) is 0 Å². The van der Waals surface area contributed by atoms with Gasteiger partial charge in [-0.25, -0.2) is 0 Å². The van der Waals surface area contributed by atoms with E-state index in [1.807, 2.05) is 0 Å². The van der Waals surface area contributed by atoms with Gasteiger partial charge in [-0.2, -0.15) is 0 Å². The molecule has 1 rings (SSSR count). The summed E-state index contributed by atoms with van der Waals surface area (Å²) in [5.41, 5.74) is 4.83. The minimum Gasteiger partial charge on any atom is -0.324 e. The van der Waals surface area contributed by atoms with Gasteiger partial charge in [-0.15, -0.1) is 0 Å². The second-order valence-electron chi connectivity index (χ2n) is 2.69. The fourth-order valence-electron chi connectivity index (χ4n) is 0.886. The Bertz CT molecular complexity index is 383. The van der Waals surface area contributed by atoms with Gasteiger partial charge in [-0.3, -0.25) is 14.9 Å². The number of aromatic amines is 1. The Labute approximate surface area is 73.5 Å². The first kappa shape index (κ1) is 9.40. The zero-order valence-corrected chi connectivity index (χ0v) is 6.98. The number of aromatic nitrogens is 1. The van der Waals surface area contributed by atoms with E-state index in [9.17, 15) is 14.9 Å². The summed E-state index contributed by atoms with van der Waals surface area (Å²) in [7, 11) is 0. The first-order chi connectivity index (χ1) is 6.02. The molecule has 0 saturated heterocycles. The van der Waals surface area contributed by atoms with Crippen molar-refractivity contribution >= 4 is 5.69 Å². The van der Waals surface area contributed by atoms with Crippen molar-refractivity contribution in [2.75, 3.05) is 0 Å². The van der Waals surface area contributed by atoms with Crippen LogP contribution in [0.2, 0.25) is 0 Å². The van der Waals surface area contributed by atoms with E-state index in [2.05, 4.69) is 4.98 Å². The molecule has 0 aliphatic heterocycles. The smallest absolute Gasteiger partial charge is 0.324 e. The highest BCUT2D eigenvalue weighted by Crippen LogP contribution is 2.11. The summed E-state index contributed by atoms with van der Waals surface area (Å²) >= 11 is 0. The highest BCUT2D eigenvalue weighted by molar-refractivity contribution is 5.31. The van der Waals surface area contributed by atoms with Crippen LogP contribution < -0.4 is 11.3 Å². The van der Waals surface area contributed by atoms with Crippen LogP contribution in [0.1, 0.15) is 18.5 Å². The molecule has 0 spiro atoms. The number of nitrogens with two attached hydrogens (primary N) is 1. The Morgan fingerprint density at radius 1 is 1.69 bits per heavy atom. The van der Waals surface area contributed by atoms with Crippen molar-refractivity contribution in [3.63, 3.8) is 0 Å². The summed E-state index contributed by atoms with van der Waals surface area (Å²) in [6, 6.07) is 0.847. The average Bonchev–Trinajstić information content (AvgIpc) is 2.04. The summed E-state index contributed by atoms with van der Waals surface area (Å²) in [5, 5.41) is 10.3. The van der Waals surface area contributed by atoms with E-state index in [0.29, 0.717) is 5.56 Å². The lowest BCUT2D eigenvalue weighted by molar-refractivity contribution is -0.386. The maximum absolute atomic E-state index is 10.9. The topological polar surface area (TPSA) is 102 Å². The van der Waals surface area contributed by atoms with Gasteiger partial charge >= 0.3 is 11.2 Å². The minimum atomic E-state index is -0.731. The number of hydrogen-bond donors (Lipinski definition) is 2. The Morgan fingerprint density at radius 2 is 2.31 bits per heavy atom. The molecular weight excluding hydrogens is 174 g/mol. The van der Waals surface area contributed by atoms with Gasteiger partial charge in [0.15, 0.2) is 0 Å². The van der Waals surface area contributed by atoms with Crippen molar-refractivity contribution < 1.29 is 4.92 Å². The van der Waals surface area contributed by atoms with Crippen LogP contribution >= 0.6 is 0 Å². The van der Waals surface area contributed by atoms with E-state index >= 15 is 0 Å². The molecule has 1 atom stereocenters. The van der Waals surface area contributed by atoms with Crippen molar-refractivity contribution in [2.45, 2.75) is 13.0 Å². The molecule has 13 heavy (non-hydrogen) atoms. The Kier molecular flexibility index (Phi) is 2.43. The number of nitrogens with one attached hydrogen (secondary N) is 1. The molecule has 1 aromatic rings. The van der Waals surface area contributed by atoms with Gasteiger partial charge in [0, 0.05) is 18.3 Å². The molecule has 6 nitrogen and oxygen atoms in total. The molecule has 70 valence electrons. The predicted molar refractivity (Wildman–Crippen MR) is 46.3 cm³/mol. The molecule has 3 N–H and O–H groups in total. The van der Waals surface area contributed by atoms with E-state index in [0.717, 1.165) is 0 Å². The highest BCUT2D eigenvalue weighted by atomic mass is 16.6. The molecule has 0 unspecified atom stereocenters. The summed E-state index contributed by atoms with van der Waals surface area (Å²) < 4.78 is 0. The maximum atomic E-state index is 10.9. The molecule has 0 aliphatic rings. The van der Waals surface area contributed by atoms with Gasteiger partial charge in [0.25, 0.3) is 0 Å². The third-order valence-electron chi connectivity index (χ3n) is 1.63. The molecule has 0 amide bonds. The Morgan fingerprint density at radius 3 is 2.77 bits per heavy atom. The number of pyridine rings is 1. The fraction of sp³-hybridized carbons (Fsp3) is 0.286. The van der Waals surface area contributed by atoms with Gasteiger partial charge in [0.1, 0.15) is 0 Å². The molecule has 0 aromatic carbocycles. The lowest BCUT2D eigenvalue weighted by Gasteiger charge is -2.02. The van der Waals surface area contributed by atoms with E-state index in [-0.39, 0.29) is 6.04 Å². The standard InChI is InChI=1S/C7H9N3O3/c1-4(8)5-2-6(10(12)13)7(11)9-3-5/h2-4H,8H2,1H3,(H,9,11)/t4-/m1/s1. The molecule has 6 heteroatoms. The average molecular weight is 183 g/mol. The van der Waals surface area contributed by atoms with E-state index < -0.39 is 16.2 Å². The second kappa shape index (κ2) is 3.36. The van der Waals surface area contributed by atoms with Gasteiger partial charge in [0.2, 0.25) is 0 Å². The van der Waals surface area contributed by atoms with Crippen molar-refractivity contribution in [1.82, 2.24) is 4.98 Å². The fourth-order valence-corrected chi connectivity index (χ4v) is 0.886. The molecule has 0 fully saturated rings. The van der Waals surface area contributed by atoms with Crippen LogP contribution in [0.25, 0.3) is 0 Å². The summed E-state index contributed by atoms with van der Waals surface area (Å²) in [6.45, 7) is 1.68. The molecular formula is C7H9N3O3. The number of hydrogen-bond acceptors (Lipinski definition) is 4. The van der Waals surface area contributed by atoms with Gasteiger partial charge < -0.3 is 10.7 Å². The quantitative estimate of drug-likeness (QED) is 0.508. The van der Waals surface area contributed by atoms with Gasteiger partial charge in [0.05, 0.1) is 4.92 Å². The van der Waals surface area contributed by atoms with Crippen LogP contribution in [0.4, 0.5) is 5.69 Å². The van der Waals surface area contributed by atoms with Crippen LogP contribution in [0, 0.1) is 10.1 Å². The van der Waals surface area contributed by atoms with E-state index in [1.165, 1.54) is 12.3 Å². The first-order valence-electron chi connectivity index (χ1n) is 3.65. The van der Waals surface area contributed by atoms with Gasteiger partial charge in [-0.1, -0.05) is 0 Å². The SMILES string of the molecule is C[C@@H](N)c1c[nH]c(=O)c([N+](=O)[O-])c1. The minimum absolute atomic E-state index is 0.337. The molecule has 0 saturated carbocycles. The van der Waals surface area contributed by atoms with Crippen LogP contribution in [0.3, 0.4) is 0 Å². The van der Waals surface area contributed by atoms with E-state index in [4.69, 9.17) is 5.73 Å². The summed E-state index contributed by atoms with van der Waals surface area (Å²) in [4.78, 5) is 22.8.